The van der Waals surface area contributed by atoms with Crippen LogP contribution in [-0.2, 0) is 6.42 Å². The summed E-state index contributed by atoms with van der Waals surface area (Å²) in [4.78, 5) is 9.52. The zero-order valence-electron chi connectivity index (χ0n) is 13.1. The van der Waals surface area contributed by atoms with Gasteiger partial charge in [0.25, 0.3) is 0 Å². The molecule has 0 unspecified atom stereocenters. The van der Waals surface area contributed by atoms with Crippen molar-refractivity contribution in [1.29, 1.82) is 0 Å². The molecule has 1 N–H and O–H groups in total. The lowest BCUT2D eigenvalue weighted by molar-refractivity contribution is 0.401. The first kappa shape index (κ1) is 16.2. The largest absolute Gasteiger partial charge is 0.369 e. The Morgan fingerprint density at radius 2 is 1.76 bits per heavy atom. The second-order valence-electron chi connectivity index (χ2n) is 6.28. The van der Waals surface area contributed by atoms with Gasteiger partial charge in [0.2, 0.25) is 0 Å². The standard InChI is InChI=1S/C17H22IN3/c1-5-19-16-14(18)15(12-9-7-6-8-10-12)20-13(21-16)11-17(2,3)4/h6-10H,5,11H2,1-4H3,(H,19,20,21). The van der Waals surface area contributed by atoms with Crippen molar-refractivity contribution in [3.8, 4) is 11.3 Å². The first-order chi connectivity index (χ1) is 9.90. The van der Waals surface area contributed by atoms with Crippen molar-refractivity contribution >= 4 is 28.4 Å². The maximum Gasteiger partial charge on any atom is 0.143 e. The number of benzene rings is 1. The highest BCUT2D eigenvalue weighted by atomic mass is 127. The van der Waals surface area contributed by atoms with Crippen LogP contribution in [0.2, 0.25) is 0 Å². The summed E-state index contributed by atoms with van der Waals surface area (Å²) in [5.41, 5.74) is 2.32. The molecule has 2 aromatic rings. The summed E-state index contributed by atoms with van der Waals surface area (Å²) in [6, 6.07) is 10.3. The molecule has 1 aromatic heterocycles. The monoisotopic (exact) mass is 395 g/mol. The first-order valence-corrected chi connectivity index (χ1v) is 8.34. The van der Waals surface area contributed by atoms with Gasteiger partial charge in [-0.3, -0.25) is 0 Å². The van der Waals surface area contributed by atoms with E-state index in [4.69, 9.17) is 9.97 Å². The number of nitrogens with one attached hydrogen (secondary N) is 1. The SMILES string of the molecule is CCNc1nc(CC(C)(C)C)nc(-c2ccccc2)c1I. The molecule has 0 spiro atoms. The summed E-state index contributed by atoms with van der Waals surface area (Å²) in [5, 5.41) is 3.35. The molecule has 112 valence electrons. The van der Waals surface area contributed by atoms with E-state index in [0.717, 1.165) is 39.4 Å². The van der Waals surface area contributed by atoms with Crippen molar-refractivity contribution in [3.63, 3.8) is 0 Å². The Morgan fingerprint density at radius 3 is 2.33 bits per heavy atom. The van der Waals surface area contributed by atoms with E-state index in [1.165, 1.54) is 0 Å². The van der Waals surface area contributed by atoms with Crippen molar-refractivity contribution < 1.29 is 0 Å². The third-order valence-electron chi connectivity index (χ3n) is 2.98. The van der Waals surface area contributed by atoms with Gasteiger partial charge in [0.1, 0.15) is 11.6 Å². The van der Waals surface area contributed by atoms with Gasteiger partial charge in [-0.25, -0.2) is 9.97 Å². The van der Waals surface area contributed by atoms with Crippen LogP contribution in [0.15, 0.2) is 30.3 Å². The molecule has 0 saturated heterocycles. The van der Waals surface area contributed by atoms with Gasteiger partial charge in [0, 0.05) is 18.5 Å². The molecule has 0 bridgehead atoms. The average Bonchev–Trinajstić information content (AvgIpc) is 2.42. The third-order valence-corrected chi connectivity index (χ3v) is 4.00. The molecule has 3 nitrogen and oxygen atoms in total. The van der Waals surface area contributed by atoms with E-state index < -0.39 is 0 Å². The number of nitrogens with zero attached hydrogens (tertiary/aromatic N) is 2. The highest BCUT2D eigenvalue weighted by Crippen LogP contribution is 2.29. The van der Waals surface area contributed by atoms with Gasteiger partial charge in [-0.05, 0) is 34.9 Å². The lowest BCUT2D eigenvalue weighted by Crippen LogP contribution is -2.15. The fourth-order valence-corrected chi connectivity index (χ4v) is 2.86. The minimum absolute atomic E-state index is 0.171. The number of halogens is 1. The molecule has 0 fully saturated rings. The van der Waals surface area contributed by atoms with Crippen molar-refractivity contribution in [1.82, 2.24) is 9.97 Å². The molecule has 0 atom stereocenters. The van der Waals surface area contributed by atoms with Crippen LogP contribution in [-0.4, -0.2) is 16.5 Å². The predicted molar refractivity (Wildman–Crippen MR) is 97.5 cm³/mol. The maximum absolute atomic E-state index is 4.81. The van der Waals surface area contributed by atoms with Gasteiger partial charge in [-0.15, -0.1) is 0 Å². The number of hydrogen-bond acceptors (Lipinski definition) is 3. The van der Waals surface area contributed by atoms with Crippen LogP contribution in [0.1, 0.15) is 33.5 Å². The van der Waals surface area contributed by atoms with Gasteiger partial charge >= 0.3 is 0 Å². The fourth-order valence-electron chi connectivity index (χ4n) is 2.12. The minimum atomic E-state index is 0.171. The molecular weight excluding hydrogens is 373 g/mol. The average molecular weight is 395 g/mol. The molecule has 1 aromatic carbocycles. The van der Waals surface area contributed by atoms with Crippen LogP contribution in [0, 0.1) is 8.99 Å². The van der Waals surface area contributed by atoms with Crippen LogP contribution >= 0.6 is 22.6 Å². The Kier molecular flexibility index (Phi) is 5.19. The normalized spacial score (nSPS) is 11.5. The topological polar surface area (TPSA) is 37.8 Å². The number of anilines is 1. The van der Waals surface area contributed by atoms with Gasteiger partial charge in [0.15, 0.2) is 0 Å². The van der Waals surface area contributed by atoms with Crippen LogP contribution in [0.4, 0.5) is 5.82 Å². The van der Waals surface area contributed by atoms with Gasteiger partial charge < -0.3 is 5.32 Å². The van der Waals surface area contributed by atoms with Crippen molar-refractivity contribution in [2.75, 3.05) is 11.9 Å². The van der Waals surface area contributed by atoms with E-state index in [2.05, 4.69) is 67.7 Å². The van der Waals surface area contributed by atoms with E-state index in [-0.39, 0.29) is 5.41 Å². The molecule has 0 aliphatic rings. The molecule has 0 amide bonds. The predicted octanol–water partition coefficient (Wildman–Crippen LogP) is 4.77. The fraction of sp³-hybridized carbons (Fsp3) is 0.412. The maximum atomic E-state index is 4.81. The molecule has 0 aliphatic heterocycles. The second kappa shape index (κ2) is 6.73. The highest BCUT2D eigenvalue weighted by Gasteiger charge is 2.18. The molecule has 0 saturated carbocycles. The summed E-state index contributed by atoms with van der Waals surface area (Å²) in [7, 11) is 0. The van der Waals surface area contributed by atoms with E-state index in [1.54, 1.807) is 0 Å². The Balaban J connectivity index is 2.52. The zero-order chi connectivity index (χ0) is 15.5. The molecule has 0 aliphatic carbocycles. The Labute approximate surface area is 140 Å². The van der Waals surface area contributed by atoms with Gasteiger partial charge in [-0.1, -0.05) is 51.1 Å². The molecule has 21 heavy (non-hydrogen) atoms. The van der Waals surface area contributed by atoms with Crippen molar-refractivity contribution in [2.24, 2.45) is 5.41 Å². The third kappa shape index (κ3) is 4.40. The van der Waals surface area contributed by atoms with Crippen LogP contribution in [0.3, 0.4) is 0 Å². The lowest BCUT2D eigenvalue weighted by Gasteiger charge is -2.19. The zero-order valence-corrected chi connectivity index (χ0v) is 15.2. The molecule has 4 heteroatoms. The Hall–Kier alpha value is -1.17. The smallest absolute Gasteiger partial charge is 0.143 e. The van der Waals surface area contributed by atoms with E-state index in [0.29, 0.717) is 0 Å². The van der Waals surface area contributed by atoms with E-state index in [9.17, 15) is 0 Å². The Morgan fingerprint density at radius 1 is 1.10 bits per heavy atom. The van der Waals surface area contributed by atoms with Crippen LogP contribution in [0.5, 0.6) is 0 Å². The molecule has 0 radical (unpaired) electrons. The van der Waals surface area contributed by atoms with Gasteiger partial charge in [0.05, 0.1) is 9.26 Å². The summed E-state index contributed by atoms with van der Waals surface area (Å²) < 4.78 is 1.08. The molecule has 1 heterocycles. The molecule has 2 rings (SSSR count). The number of hydrogen-bond donors (Lipinski definition) is 1. The summed E-state index contributed by atoms with van der Waals surface area (Å²) >= 11 is 2.33. The number of rotatable bonds is 4. The first-order valence-electron chi connectivity index (χ1n) is 7.26. The summed E-state index contributed by atoms with van der Waals surface area (Å²) in [5.74, 6) is 1.84. The minimum Gasteiger partial charge on any atom is -0.369 e. The van der Waals surface area contributed by atoms with Crippen molar-refractivity contribution in [2.45, 2.75) is 34.1 Å². The van der Waals surface area contributed by atoms with E-state index in [1.807, 2.05) is 18.2 Å². The summed E-state index contributed by atoms with van der Waals surface area (Å²) in [6.07, 6.45) is 0.863. The quantitative estimate of drug-likeness (QED) is 0.758. The summed E-state index contributed by atoms with van der Waals surface area (Å²) in [6.45, 7) is 9.58. The van der Waals surface area contributed by atoms with Crippen LogP contribution in [0.25, 0.3) is 11.3 Å². The van der Waals surface area contributed by atoms with Crippen LogP contribution < -0.4 is 5.32 Å². The van der Waals surface area contributed by atoms with Crippen molar-refractivity contribution in [3.05, 3.63) is 39.7 Å². The van der Waals surface area contributed by atoms with E-state index >= 15 is 0 Å². The Bertz CT molecular complexity index is 603. The number of aromatic nitrogens is 2. The van der Waals surface area contributed by atoms with Gasteiger partial charge in [-0.2, -0.15) is 0 Å². The lowest BCUT2D eigenvalue weighted by atomic mass is 9.92. The highest BCUT2D eigenvalue weighted by molar-refractivity contribution is 14.1. The molecular formula is C17H22IN3. The second-order valence-corrected chi connectivity index (χ2v) is 7.36.